The molecule has 1 amide bonds. The Hall–Kier alpha value is -2.63. The van der Waals surface area contributed by atoms with Gasteiger partial charge in [0.1, 0.15) is 11.3 Å². The summed E-state index contributed by atoms with van der Waals surface area (Å²) >= 11 is 0. The molecule has 1 N–H and O–H groups in total. The standard InChI is InChI=1S/C19H22N2O4/c1-12-5-3-4-6-16(12)20-21-18(22)11-24-14-7-8-15-13(2)9-19(23)25-17(15)10-14/h7-10,12H,3-6,11H2,1-2H3,(H,21,22)/b20-16-/t12-/m0/s1. The first kappa shape index (κ1) is 17.2. The molecule has 6 heteroatoms. The van der Waals surface area contributed by atoms with E-state index >= 15 is 0 Å². The number of hydrogen-bond acceptors (Lipinski definition) is 5. The SMILES string of the molecule is Cc1cc(=O)oc2cc(OCC(=O)N/N=C3/CCCC[C@@H]3C)ccc12. The van der Waals surface area contributed by atoms with Crippen molar-refractivity contribution < 1.29 is 13.9 Å². The van der Waals surface area contributed by atoms with Crippen molar-refractivity contribution in [3.63, 3.8) is 0 Å². The molecule has 3 rings (SSSR count). The van der Waals surface area contributed by atoms with E-state index in [1.807, 2.05) is 13.0 Å². The number of benzene rings is 1. The molecule has 1 heterocycles. The first-order valence-electron chi connectivity index (χ1n) is 8.55. The summed E-state index contributed by atoms with van der Waals surface area (Å²) in [6.45, 7) is 3.83. The average molecular weight is 342 g/mol. The Kier molecular flexibility index (Phi) is 5.16. The molecule has 1 aliphatic carbocycles. The van der Waals surface area contributed by atoms with Crippen molar-refractivity contribution in [1.29, 1.82) is 0 Å². The number of carbonyl (C=O) groups is 1. The van der Waals surface area contributed by atoms with Crippen LogP contribution in [0.25, 0.3) is 11.0 Å². The zero-order valence-corrected chi connectivity index (χ0v) is 14.5. The van der Waals surface area contributed by atoms with Gasteiger partial charge in [0, 0.05) is 23.2 Å². The largest absolute Gasteiger partial charge is 0.484 e. The van der Waals surface area contributed by atoms with Crippen LogP contribution in [0.2, 0.25) is 0 Å². The summed E-state index contributed by atoms with van der Waals surface area (Å²) < 4.78 is 10.6. The number of aryl methyl sites for hydroxylation is 1. The van der Waals surface area contributed by atoms with Crippen LogP contribution in [0.15, 0.2) is 38.6 Å². The molecule has 1 aliphatic rings. The van der Waals surface area contributed by atoms with Gasteiger partial charge in [-0.3, -0.25) is 4.79 Å². The van der Waals surface area contributed by atoms with Crippen LogP contribution in [0.4, 0.5) is 0 Å². The zero-order chi connectivity index (χ0) is 17.8. The number of hydrogen-bond donors (Lipinski definition) is 1. The molecule has 1 fully saturated rings. The van der Waals surface area contributed by atoms with Gasteiger partial charge < -0.3 is 9.15 Å². The number of hydrazone groups is 1. The minimum atomic E-state index is -0.405. The number of rotatable bonds is 4. The molecule has 0 spiro atoms. The molecule has 0 bridgehead atoms. The zero-order valence-electron chi connectivity index (χ0n) is 14.5. The van der Waals surface area contributed by atoms with Crippen LogP contribution in [0.5, 0.6) is 5.75 Å². The highest BCUT2D eigenvalue weighted by atomic mass is 16.5. The van der Waals surface area contributed by atoms with E-state index in [4.69, 9.17) is 9.15 Å². The van der Waals surface area contributed by atoms with Gasteiger partial charge in [-0.15, -0.1) is 0 Å². The summed E-state index contributed by atoms with van der Waals surface area (Å²) in [5.41, 5.74) is 4.48. The predicted molar refractivity (Wildman–Crippen MR) is 95.9 cm³/mol. The Balaban J connectivity index is 1.61. The normalized spacial score (nSPS) is 19.1. The van der Waals surface area contributed by atoms with Crippen molar-refractivity contribution in [2.45, 2.75) is 39.5 Å². The first-order chi connectivity index (χ1) is 12.0. The molecular formula is C19H22N2O4. The second-order valence-corrected chi connectivity index (χ2v) is 6.48. The lowest BCUT2D eigenvalue weighted by Crippen LogP contribution is -2.28. The minimum Gasteiger partial charge on any atom is -0.484 e. The number of amides is 1. The fourth-order valence-electron chi connectivity index (χ4n) is 3.05. The quantitative estimate of drug-likeness (QED) is 0.683. The number of fused-ring (bicyclic) bond motifs is 1. The average Bonchev–Trinajstić information content (AvgIpc) is 2.58. The van der Waals surface area contributed by atoms with Crippen molar-refractivity contribution in [3.8, 4) is 5.75 Å². The van der Waals surface area contributed by atoms with E-state index in [1.54, 1.807) is 12.1 Å². The van der Waals surface area contributed by atoms with E-state index in [1.165, 1.54) is 12.5 Å². The maximum Gasteiger partial charge on any atom is 0.336 e. The van der Waals surface area contributed by atoms with Crippen LogP contribution >= 0.6 is 0 Å². The van der Waals surface area contributed by atoms with E-state index in [0.29, 0.717) is 17.3 Å². The van der Waals surface area contributed by atoms with Gasteiger partial charge in [0.05, 0.1) is 0 Å². The lowest BCUT2D eigenvalue weighted by atomic mass is 9.89. The predicted octanol–water partition coefficient (Wildman–Crippen LogP) is 3.16. The van der Waals surface area contributed by atoms with E-state index in [-0.39, 0.29) is 12.5 Å². The number of carbonyl (C=O) groups excluding carboxylic acids is 1. The molecule has 1 saturated carbocycles. The van der Waals surface area contributed by atoms with Crippen molar-refractivity contribution in [2.24, 2.45) is 11.0 Å². The van der Waals surface area contributed by atoms with Gasteiger partial charge in [0.15, 0.2) is 6.61 Å². The molecular weight excluding hydrogens is 320 g/mol. The van der Waals surface area contributed by atoms with Crippen LogP contribution in [-0.2, 0) is 4.79 Å². The van der Waals surface area contributed by atoms with Crippen LogP contribution in [0.3, 0.4) is 0 Å². The summed E-state index contributed by atoms with van der Waals surface area (Å²) in [4.78, 5) is 23.4. The van der Waals surface area contributed by atoms with E-state index < -0.39 is 5.63 Å². The molecule has 6 nitrogen and oxygen atoms in total. The maximum atomic E-state index is 11.9. The summed E-state index contributed by atoms with van der Waals surface area (Å²) in [7, 11) is 0. The van der Waals surface area contributed by atoms with Gasteiger partial charge in [-0.2, -0.15) is 5.10 Å². The van der Waals surface area contributed by atoms with Gasteiger partial charge >= 0.3 is 5.63 Å². The number of nitrogens with zero attached hydrogens (tertiary/aromatic N) is 1. The smallest absolute Gasteiger partial charge is 0.336 e. The third-order valence-electron chi connectivity index (χ3n) is 4.51. The number of ether oxygens (including phenoxy) is 1. The monoisotopic (exact) mass is 342 g/mol. The summed E-state index contributed by atoms with van der Waals surface area (Å²) in [5.74, 6) is 0.577. The summed E-state index contributed by atoms with van der Waals surface area (Å²) in [6.07, 6.45) is 4.39. The molecule has 0 radical (unpaired) electrons. The topological polar surface area (TPSA) is 80.9 Å². The van der Waals surface area contributed by atoms with Crippen LogP contribution in [0.1, 0.15) is 38.2 Å². The van der Waals surface area contributed by atoms with Gasteiger partial charge in [0.25, 0.3) is 5.91 Å². The third kappa shape index (κ3) is 4.26. The molecule has 1 aromatic heterocycles. The van der Waals surface area contributed by atoms with Gasteiger partial charge in [-0.25, -0.2) is 10.2 Å². The summed E-state index contributed by atoms with van der Waals surface area (Å²) in [5, 5.41) is 5.07. The van der Waals surface area contributed by atoms with E-state index in [0.717, 1.165) is 35.9 Å². The molecule has 1 aromatic carbocycles. The molecule has 2 aromatic rings. The van der Waals surface area contributed by atoms with Gasteiger partial charge in [-0.05, 0) is 49.8 Å². The number of nitrogens with one attached hydrogen (secondary N) is 1. The molecule has 0 aliphatic heterocycles. The van der Waals surface area contributed by atoms with Crippen LogP contribution in [-0.4, -0.2) is 18.2 Å². The van der Waals surface area contributed by atoms with Gasteiger partial charge in [-0.1, -0.05) is 13.3 Å². The van der Waals surface area contributed by atoms with Crippen LogP contribution in [0, 0.1) is 12.8 Å². The Morgan fingerprint density at radius 2 is 2.20 bits per heavy atom. The highest BCUT2D eigenvalue weighted by Gasteiger charge is 2.16. The third-order valence-corrected chi connectivity index (χ3v) is 4.51. The molecule has 1 atom stereocenters. The van der Waals surface area contributed by atoms with Crippen molar-refractivity contribution >= 4 is 22.6 Å². The molecule has 132 valence electrons. The van der Waals surface area contributed by atoms with Crippen LogP contribution < -0.4 is 15.8 Å². The van der Waals surface area contributed by atoms with E-state index in [9.17, 15) is 9.59 Å². The molecule has 0 unspecified atom stereocenters. The Bertz CT molecular complexity index is 869. The highest BCUT2D eigenvalue weighted by molar-refractivity contribution is 5.88. The van der Waals surface area contributed by atoms with E-state index in [2.05, 4.69) is 17.5 Å². The minimum absolute atomic E-state index is 0.146. The van der Waals surface area contributed by atoms with Crippen molar-refractivity contribution in [1.82, 2.24) is 5.43 Å². The Morgan fingerprint density at radius 3 is 3.00 bits per heavy atom. The first-order valence-corrected chi connectivity index (χ1v) is 8.55. The second kappa shape index (κ2) is 7.51. The maximum absolute atomic E-state index is 11.9. The Morgan fingerprint density at radius 1 is 1.36 bits per heavy atom. The molecule has 0 saturated heterocycles. The summed E-state index contributed by atoms with van der Waals surface area (Å²) in [6, 6.07) is 6.62. The lowest BCUT2D eigenvalue weighted by Gasteiger charge is -2.19. The van der Waals surface area contributed by atoms with Crippen molar-refractivity contribution in [3.05, 3.63) is 40.2 Å². The highest BCUT2D eigenvalue weighted by Crippen LogP contribution is 2.22. The molecule has 25 heavy (non-hydrogen) atoms. The fraction of sp³-hybridized carbons (Fsp3) is 0.421. The fourth-order valence-corrected chi connectivity index (χ4v) is 3.05. The Labute approximate surface area is 145 Å². The second-order valence-electron chi connectivity index (χ2n) is 6.48. The van der Waals surface area contributed by atoms with Gasteiger partial charge in [0.2, 0.25) is 0 Å². The lowest BCUT2D eigenvalue weighted by molar-refractivity contribution is -0.123. The van der Waals surface area contributed by atoms with Crippen molar-refractivity contribution in [2.75, 3.05) is 6.61 Å².